The van der Waals surface area contributed by atoms with E-state index in [0.29, 0.717) is 17.2 Å². The van der Waals surface area contributed by atoms with Crippen molar-refractivity contribution in [3.8, 4) is 17.2 Å². The number of hydrogen-bond donors (Lipinski definition) is 0. The van der Waals surface area contributed by atoms with E-state index in [0.717, 1.165) is 5.39 Å². The van der Waals surface area contributed by atoms with Gasteiger partial charge in [0.1, 0.15) is 5.56 Å². The van der Waals surface area contributed by atoms with Crippen molar-refractivity contribution in [2.45, 2.75) is 6.92 Å². The molecule has 0 aliphatic heterocycles. The molecule has 6 heteroatoms. The highest BCUT2D eigenvalue weighted by Gasteiger charge is 2.15. The molecule has 0 unspecified atom stereocenters. The standard InChI is InChI=1S/C13H10N2O4/c1-7-14-12(19-15-7)9-6-8-4-3-5-10(17-2)11(8)18-13(9)16/h3-6H,1-2H3. The number of ether oxygens (including phenoxy) is 1. The number of aromatic nitrogens is 2. The topological polar surface area (TPSA) is 78.4 Å². The Morgan fingerprint density at radius 3 is 2.84 bits per heavy atom. The fourth-order valence-electron chi connectivity index (χ4n) is 1.83. The molecule has 0 saturated carbocycles. The molecular formula is C13H10N2O4. The quantitative estimate of drug-likeness (QED) is 0.655. The smallest absolute Gasteiger partial charge is 0.349 e. The van der Waals surface area contributed by atoms with Crippen molar-refractivity contribution >= 4 is 11.0 Å². The Morgan fingerprint density at radius 2 is 2.16 bits per heavy atom. The number of nitrogens with zero attached hydrogens (tertiary/aromatic N) is 2. The van der Waals surface area contributed by atoms with Gasteiger partial charge in [-0.3, -0.25) is 0 Å². The Hall–Kier alpha value is -2.63. The summed E-state index contributed by atoms with van der Waals surface area (Å²) in [7, 11) is 1.52. The van der Waals surface area contributed by atoms with Crippen molar-refractivity contribution in [3.05, 3.63) is 40.5 Å². The van der Waals surface area contributed by atoms with Gasteiger partial charge in [0, 0.05) is 5.39 Å². The van der Waals surface area contributed by atoms with E-state index < -0.39 is 5.63 Å². The van der Waals surface area contributed by atoms with Crippen molar-refractivity contribution in [3.63, 3.8) is 0 Å². The summed E-state index contributed by atoms with van der Waals surface area (Å²) in [6, 6.07) is 7.00. The van der Waals surface area contributed by atoms with E-state index in [-0.39, 0.29) is 11.5 Å². The van der Waals surface area contributed by atoms with Crippen LogP contribution in [0.1, 0.15) is 5.82 Å². The molecule has 0 atom stereocenters. The second-order valence-electron chi connectivity index (χ2n) is 3.97. The Kier molecular flexibility index (Phi) is 2.56. The summed E-state index contributed by atoms with van der Waals surface area (Å²) in [6.07, 6.45) is 0. The van der Waals surface area contributed by atoms with Crippen LogP contribution in [0.15, 0.2) is 38.0 Å². The number of rotatable bonds is 2. The van der Waals surface area contributed by atoms with Crippen LogP contribution in [0.25, 0.3) is 22.4 Å². The molecule has 19 heavy (non-hydrogen) atoms. The predicted octanol–water partition coefficient (Wildman–Crippen LogP) is 2.16. The maximum atomic E-state index is 12.0. The fourth-order valence-corrected chi connectivity index (χ4v) is 1.83. The summed E-state index contributed by atoms with van der Waals surface area (Å²) in [5, 5.41) is 4.38. The SMILES string of the molecule is COc1cccc2cc(-c3nc(C)no3)c(=O)oc12. The second-order valence-corrected chi connectivity index (χ2v) is 3.97. The highest BCUT2D eigenvalue weighted by molar-refractivity contribution is 5.85. The minimum atomic E-state index is -0.541. The first-order valence-corrected chi connectivity index (χ1v) is 5.60. The van der Waals surface area contributed by atoms with E-state index in [1.54, 1.807) is 19.1 Å². The summed E-state index contributed by atoms with van der Waals surface area (Å²) in [6.45, 7) is 1.68. The zero-order valence-electron chi connectivity index (χ0n) is 10.3. The molecule has 6 nitrogen and oxygen atoms in total. The number of hydrogen-bond acceptors (Lipinski definition) is 6. The van der Waals surface area contributed by atoms with Gasteiger partial charge in [-0.2, -0.15) is 4.98 Å². The van der Waals surface area contributed by atoms with Crippen LogP contribution in [0.5, 0.6) is 5.75 Å². The van der Waals surface area contributed by atoms with Crippen LogP contribution in [0, 0.1) is 6.92 Å². The molecular weight excluding hydrogens is 248 g/mol. The molecule has 0 fully saturated rings. The van der Waals surface area contributed by atoms with Gasteiger partial charge in [0.05, 0.1) is 7.11 Å². The highest BCUT2D eigenvalue weighted by Crippen LogP contribution is 2.26. The molecule has 3 rings (SSSR count). The lowest BCUT2D eigenvalue weighted by Gasteiger charge is -2.03. The third kappa shape index (κ3) is 1.87. The molecule has 0 spiro atoms. The van der Waals surface area contributed by atoms with Gasteiger partial charge in [-0.1, -0.05) is 17.3 Å². The molecule has 3 aromatic rings. The molecule has 0 aliphatic carbocycles. The third-order valence-electron chi connectivity index (χ3n) is 2.70. The number of methoxy groups -OCH3 is 1. The van der Waals surface area contributed by atoms with Crippen molar-refractivity contribution in [1.82, 2.24) is 10.1 Å². The molecule has 1 aromatic carbocycles. The van der Waals surface area contributed by atoms with Gasteiger partial charge < -0.3 is 13.7 Å². The number of fused-ring (bicyclic) bond motifs is 1. The third-order valence-corrected chi connectivity index (χ3v) is 2.70. The first-order chi connectivity index (χ1) is 9.19. The molecule has 0 saturated heterocycles. The summed E-state index contributed by atoms with van der Waals surface area (Å²) in [5.41, 5.74) is 0.0944. The fraction of sp³-hybridized carbons (Fsp3) is 0.154. The van der Waals surface area contributed by atoms with Crippen molar-refractivity contribution in [2.75, 3.05) is 7.11 Å². The lowest BCUT2D eigenvalue weighted by atomic mass is 10.2. The normalized spacial score (nSPS) is 10.8. The molecule has 0 radical (unpaired) electrons. The minimum absolute atomic E-state index is 0.149. The van der Waals surface area contributed by atoms with Crippen molar-refractivity contribution in [1.29, 1.82) is 0 Å². The highest BCUT2D eigenvalue weighted by atomic mass is 16.5. The Bertz CT molecular complexity index is 804. The van der Waals surface area contributed by atoms with Crippen molar-refractivity contribution < 1.29 is 13.7 Å². The lowest BCUT2D eigenvalue weighted by molar-refractivity contribution is 0.405. The van der Waals surface area contributed by atoms with Crippen LogP contribution < -0.4 is 10.4 Å². The van der Waals surface area contributed by atoms with E-state index in [1.165, 1.54) is 7.11 Å². The molecule has 96 valence electrons. The molecule has 0 aliphatic rings. The van der Waals surface area contributed by atoms with Crippen LogP contribution in [-0.4, -0.2) is 17.3 Å². The van der Waals surface area contributed by atoms with Gasteiger partial charge >= 0.3 is 5.63 Å². The average Bonchev–Trinajstić information content (AvgIpc) is 2.84. The summed E-state index contributed by atoms with van der Waals surface area (Å²) in [5.74, 6) is 1.11. The van der Waals surface area contributed by atoms with Gasteiger partial charge in [-0.25, -0.2) is 4.79 Å². The van der Waals surface area contributed by atoms with Gasteiger partial charge in [0.15, 0.2) is 17.2 Å². The summed E-state index contributed by atoms with van der Waals surface area (Å²) >= 11 is 0. The van der Waals surface area contributed by atoms with E-state index in [4.69, 9.17) is 13.7 Å². The Morgan fingerprint density at radius 1 is 1.32 bits per heavy atom. The first kappa shape index (κ1) is 11.5. The van der Waals surface area contributed by atoms with Crippen LogP contribution >= 0.6 is 0 Å². The lowest BCUT2D eigenvalue weighted by Crippen LogP contribution is -2.03. The Balaban J connectivity index is 2.29. The molecule has 0 amide bonds. The summed E-state index contributed by atoms with van der Waals surface area (Å²) < 4.78 is 15.4. The molecule has 2 aromatic heterocycles. The first-order valence-electron chi connectivity index (χ1n) is 5.60. The van der Waals surface area contributed by atoms with E-state index >= 15 is 0 Å². The largest absolute Gasteiger partial charge is 0.493 e. The van der Waals surface area contributed by atoms with Gasteiger partial charge in [-0.05, 0) is 19.1 Å². The van der Waals surface area contributed by atoms with Crippen molar-refractivity contribution in [2.24, 2.45) is 0 Å². The van der Waals surface area contributed by atoms with Gasteiger partial charge in [0.2, 0.25) is 0 Å². The predicted molar refractivity (Wildman–Crippen MR) is 67.1 cm³/mol. The van der Waals surface area contributed by atoms with E-state index in [2.05, 4.69) is 10.1 Å². The number of para-hydroxylation sites is 1. The molecule has 2 heterocycles. The monoisotopic (exact) mass is 258 g/mol. The zero-order valence-corrected chi connectivity index (χ0v) is 10.3. The Labute approximate surface area is 107 Å². The van der Waals surface area contributed by atoms with E-state index in [9.17, 15) is 4.79 Å². The van der Waals surface area contributed by atoms with Crippen LogP contribution in [0.3, 0.4) is 0 Å². The van der Waals surface area contributed by atoms with E-state index in [1.807, 2.05) is 12.1 Å². The second kappa shape index (κ2) is 4.24. The van der Waals surface area contributed by atoms with Gasteiger partial charge in [-0.15, -0.1) is 0 Å². The zero-order chi connectivity index (χ0) is 13.4. The maximum Gasteiger partial charge on any atom is 0.349 e. The number of aryl methyl sites for hydroxylation is 1. The maximum absolute atomic E-state index is 12.0. The summed E-state index contributed by atoms with van der Waals surface area (Å²) in [4.78, 5) is 16.0. The van der Waals surface area contributed by atoms with Crippen LogP contribution in [-0.2, 0) is 0 Å². The minimum Gasteiger partial charge on any atom is -0.493 e. The molecule has 0 bridgehead atoms. The average molecular weight is 258 g/mol. The van der Waals surface area contributed by atoms with Gasteiger partial charge in [0.25, 0.3) is 5.89 Å². The van der Waals surface area contributed by atoms with Crippen LogP contribution in [0.4, 0.5) is 0 Å². The molecule has 0 N–H and O–H groups in total. The number of benzene rings is 1. The van der Waals surface area contributed by atoms with Crippen LogP contribution in [0.2, 0.25) is 0 Å².